The standard InChI is InChI=1S/C26H25ClF3NO4/c1-4-34-24(32)23-11-8-18(14-31-23)15-35-20-9-10-21(22(27)13-20)17(3)25(33,26(28,29)30)19-7-5-6-16(2)12-19/h5-14,17,33H,4,15H2,1-3H3. The molecule has 9 heteroatoms. The van der Waals surface area contributed by atoms with Crippen molar-refractivity contribution in [2.75, 3.05) is 6.61 Å². The van der Waals surface area contributed by atoms with Crippen LogP contribution in [-0.4, -0.2) is 28.8 Å². The van der Waals surface area contributed by atoms with Crippen molar-refractivity contribution in [3.05, 3.63) is 93.8 Å². The summed E-state index contributed by atoms with van der Waals surface area (Å²) in [6.07, 6.45) is -3.48. The Morgan fingerprint density at radius 3 is 2.46 bits per heavy atom. The van der Waals surface area contributed by atoms with Crippen LogP contribution < -0.4 is 4.74 Å². The number of aliphatic hydroxyl groups is 1. The molecule has 2 aromatic carbocycles. The molecule has 0 saturated carbocycles. The number of alkyl halides is 3. The zero-order valence-corrected chi connectivity index (χ0v) is 20.2. The molecule has 0 amide bonds. The Balaban J connectivity index is 1.79. The van der Waals surface area contributed by atoms with Gasteiger partial charge in [-0.05, 0) is 43.2 Å². The number of ether oxygens (including phenoxy) is 2. The quantitative estimate of drug-likeness (QED) is 0.360. The number of carbonyl (C=O) groups excluding carboxylic acids is 1. The number of rotatable bonds is 8. The first-order valence-corrected chi connectivity index (χ1v) is 11.3. The third-order valence-corrected chi connectivity index (χ3v) is 6.00. The predicted molar refractivity (Wildman–Crippen MR) is 126 cm³/mol. The first-order valence-electron chi connectivity index (χ1n) is 10.9. The summed E-state index contributed by atoms with van der Waals surface area (Å²) >= 11 is 6.34. The van der Waals surface area contributed by atoms with Crippen molar-refractivity contribution in [2.45, 2.75) is 45.1 Å². The van der Waals surface area contributed by atoms with Crippen LogP contribution in [0.25, 0.3) is 0 Å². The number of benzene rings is 2. The molecular formula is C26H25ClF3NO4. The van der Waals surface area contributed by atoms with E-state index in [1.807, 2.05) is 0 Å². The Morgan fingerprint density at radius 2 is 1.89 bits per heavy atom. The van der Waals surface area contributed by atoms with Gasteiger partial charge in [-0.1, -0.05) is 60.5 Å². The maximum absolute atomic E-state index is 14.1. The lowest BCUT2D eigenvalue weighted by Gasteiger charge is -2.37. The summed E-state index contributed by atoms with van der Waals surface area (Å²) in [5.74, 6) is -1.60. The highest BCUT2D eigenvalue weighted by molar-refractivity contribution is 6.31. The molecule has 0 radical (unpaired) electrons. The molecule has 0 spiro atoms. The van der Waals surface area contributed by atoms with Crippen molar-refractivity contribution in [3.8, 4) is 5.75 Å². The molecule has 1 heterocycles. The average Bonchev–Trinajstić information content (AvgIpc) is 2.81. The van der Waals surface area contributed by atoms with Gasteiger partial charge in [0.1, 0.15) is 18.1 Å². The monoisotopic (exact) mass is 507 g/mol. The number of aryl methyl sites for hydroxylation is 1. The minimum Gasteiger partial charge on any atom is -0.489 e. The van der Waals surface area contributed by atoms with Crippen LogP contribution in [0, 0.1) is 6.92 Å². The van der Waals surface area contributed by atoms with Crippen molar-refractivity contribution < 1.29 is 32.5 Å². The van der Waals surface area contributed by atoms with E-state index in [2.05, 4.69) is 4.98 Å². The number of esters is 1. The maximum atomic E-state index is 14.1. The van der Waals surface area contributed by atoms with Crippen LogP contribution >= 0.6 is 11.6 Å². The van der Waals surface area contributed by atoms with Crippen LogP contribution in [0.1, 0.15) is 52.5 Å². The lowest BCUT2D eigenvalue weighted by Crippen LogP contribution is -2.46. The topological polar surface area (TPSA) is 68.7 Å². The summed E-state index contributed by atoms with van der Waals surface area (Å²) in [7, 11) is 0. The lowest BCUT2D eigenvalue weighted by atomic mass is 9.77. The number of aromatic nitrogens is 1. The van der Waals surface area contributed by atoms with E-state index in [0.29, 0.717) is 16.9 Å². The molecule has 3 rings (SSSR count). The van der Waals surface area contributed by atoms with Crippen molar-refractivity contribution in [2.24, 2.45) is 0 Å². The second kappa shape index (κ2) is 10.7. The second-order valence-electron chi connectivity index (χ2n) is 8.10. The van der Waals surface area contributed by atoms with Gasteiger partial charge in [0.25, 0.3) is 0 Å². The van der Waals surface area contributed by atoms with Gasteiger partial charge in [0.15, 0.2) is 5.60 Å². The molecule has 0 aliphatic rings. The van der Waals surface area contributed by atoms with E-state index in [4.69, 9.17) is 21.1 Å². The van der Waals surface area contributed by atoms with Crippen LogP contribution in [-0.2, 0) is 16.9 Å². The minimum atomic E-state index is -4.94. The first kappa shape index (κ1) is 26.5. The van der Waals surface area contributed by atoms with E-state index in [-0.39, 0.29) is 35.1 Å². The highest BCUT2D eigenvalue weighted by Gasteiger charge is 2.58. The van der Waals surface area contributed by atoms with Gasteiger partial charge in [-0.25, -0.2) is 9.78 Å². The van der Waals surface area contributed by atoms with E-state index in [0.717, 1.165) is 0 Å². The second-order valence-corrected chi connectivity index (χ2v) is 8.51. The Labute approximate surface area is 206 Å². The van der Waals surface area contributed by atoms with Gasteiger partial charge >= 0.3 is 12.1 Å². The normalized spacial score (nSPS) is 14.2. The molecule has 3 aromatic rings. The smallest absolute Gasteiger partial charge is 0.422 e. The van der Waals surface area contributed by atoms with Crippen LogP contribution in [0.15, 0.2) is 60.8 Å². The Hall–Kier alpha value is -3.10. The number of pyridine rings is 1. The molecule has 0 aliphatic carbocycles. The summed E-state index contributed by atoms with van der Waals surface area (Å²) in [4.78, 5) is 15.7. The summed E-state index contributed by atoms with van der Waals surface area (Å²) in [6, 6.07) is 13.2. The van der Waals surface area contributed by atoms with Gasteiger partial charge in [0.05, 0.1) is 6.61 Å². The summed E-state index contributed by atoms with van der Waals surface area (Å²) in [6.45, 7) is 4.98. The van der Waals surface area contributed by atoms with E-state index >= 15 is 0 Å². The molecule has 0 bridgehead atoms. The van der Waals surface area contributed by atoms with Gasteiger partial charge in [-0.3, -0.25) is 0 Å². The number of nitrogens with zero attached hydrogens (tertiary/aromatic N) is 1. The van der Waals surface area contributed by atoms with Gasteiger partial charge in [0.2, 0.25) is 0 Å². The van der Waals surface area contributed by atoms with Crippen molar-refractivity contribution in [3.63, 3.8) is 0 Å². The van der Waals surface area contributed by atoms with E-state index in [9.17, 15) is 23.1 Å². The van der Waals surface area contributed by atoms with E-state index in [1.165, 1.54) is 55.6 Å². The largest absolute Gasteiger partial charge is 0.489 e. The molecule has 186 valence electrons. The maximum Gasteiger partial charge on any atom is 0.422 e. The predicted octanol–water partition coefficient (Wildman–Crippen LogP) is 6.35. The molecule has 5 nitrogen and oxygen atoms in total. The number of hydrogen-bond donors (Lipinski definition) is 1. The Morgan fingerprint density at radius 1 is 1.14 bits per heavy atom. The number of halogens is 4. The van der Waals surface area contributed by atoms with Gasteiger partial charge in [-0.2, -0.15) is 13.2 Å². The van der Waals surface area contributed by atoms with Crippen molar-refractivity contribution in [1.29, 1.82) is 0 Å². The van der Waals surface area contributed by atoms with Gasteiger partial charge < -0.3 is 14.6 Å². The Bertz CT molecular complexity index is 1180. The molecule has 0 saturated heterocycles. The van der Waals surface area contributed by atoms with Crippen molar-refractivity contribution in [1.82, 2.24) is 4.98 Å². The Kier molecular flexibility index (Phi) is 8.07. The fourth-order valence-electron chi connectivity index (χ4n) is 3.72. The SMILES string of the molecule is CCOC(=O)c1ccc(COc2ccc(C(C)C(O)(c3cccc(C)c3)C(F)(F)F)c(Cl)c2)cn1. The molecule has 35 heavy (non-hydrogen) atoms. The highest BCUT2D eigenvalue weighted by Crippen LogP contribution is 2.50. The summed E-state index contributed by atoms with van der Waals surface area (Å²) in [5.41, 5.74) is -1.84. The zero-order valence-electron chi connectivity index (χ0n) is 19.4. The van der Waals surface area contributed by atoms with E-state index in [1.54, 1.807) is 26.0 Å². The van der Waals surface area contributed by atoms with E-state index < -0.39 is 23.7 Å². The fraction of sp³-hybridized carbons (Fsp3) is 0.308. The lowest BCUT2D eigenvalue weighted by molar-refractivity contribution is -0.274. The molecular weight excluding hydrogens is 483 g/mol. The minimum absolute atomic E-state index is 0.0288. The molecule has 2 atom stereocenters. The van der Waals surface area contributed by atoms with Crippen LogP contribution in [0.3, 0.4) is 0 Å². The summed E-state index contributed by atoms with van der Waals surface area (Å²) in [5, 5.41) is 11.0. The first-order chi connectivity index (χ1) is 16.5. The molecule has 0 aliphatic heterocycles. The molecule has 2 unspecified atom stereocenters. The van der Waals surface area contributed by atoms with Crippen molar-refractivity contribution >= 4 is 17.6 Å². The zero-order chi connectivity index (χ0) is 25.8. The molecule has 0 fully saturated rings. The summed E-state index contributed by atoms with van der Waals surface area (Å²) < 4.78 is 53.0. The third kappa shape index (κ3) is 5.77. The number of hydrogen-bond acceptors (Lipinski definition) is 5. The highest BCUT2D eigenvalue weighted by atomic mass is 35.5. The van der Waals surface area contributed by atoms with Crippen LogP contribution in [0.4, 0.5) is 13.2 Å². The molecule has 1 aromatic heterocycles. The fourth-order valence-corrected chi connectivity index (χ4v) is 4.05. The van der Waals surface area contributed by atoms with Crippen LogP contribution in [0.5, 0.6) is 5.75 Å². The van der Waals surface area contributed by atoms with Gasteiger partial charge in [0, 0.05) is 22.7 Å². The number of carbonyl (C=O) groups is 1. The average molecular weight is 508 g/mol. The van der Waals surface area contributed by atoms with Gasteiger partial charge in [-0.15, -0.1) is 0 Å². The molecule has 1 N–H and O–H groups in total. The third-order valence-electron chi connectivity index (χ3n) is 5.67. The van der Waals surface area contributed by atoms with Crippen LogP contribution in [0.2, 0.25) is 5.02 Å².